The van der Waals surface area contributed by atoms with Crippen molar-refractivity contribution >= 4 is 23.4 Å². The highest BCUT2D eigenvalue weighted by Gasteiger charge is 2.33. The second kappa shape index (κ2) is 10.3. The average molecular weight is 493 g/mol. The first-order valence-electron chi connectivity index (χ1n) is 11.4. The van der Waals surface area contributed by atoms with Gasteiger partial charge in [0.1, 0.15) is 11.5 Å². The fourth-order valence-corrected chi connectivity index (χ4v) is 4.99. The first-order chi connectivity index (χ1) is 16.8. The van der Waals surface area contributed by atoms with Gasteiger partial charge in [0.15, 0.2) is 4.80 Å². The van der Waals surface area contributed by atoms with Gasteiger partial charge >= 0.3 is 5.97 Å². The van der Waals surface area contributed by atoms with Gasteiger partial charge in [0.2, 0.25) is 0 Å². The summed E-state index contributed by atoms with van der Waals surface area (Å²) < 4.78 is 18.4. The maximum atomic E-state index is 13.6. The minimum absolute atomic E-state index is 0.217. The lowest BCUT2D eigenvalue weighted by Crippen LogP contribution is -2.40. The predicted octanol–water partition coefficient (Wildman–Crippen LogP) is 3.59. The molecule has 1 aromatic heterocycles. The Kier molecular flexibility index (Phi) is 7.21. The minimum atomic E-state index is -0.661. The van der Waals surface area contributed by atoms with Gasteiger partial charge < -0.3 is 14.2 Å². The molecule has 0 spiro atoms. The zero-order valence-electron chi connectivity index (χ0n) is 20.4. The molecule has 2 heterocycles. The number of hydrogen-bond acceptors (Lipinski definition) is 7. The second-order valence-corrected chi connectivity index (χ2v) is 9.32. The summed E-state index contributed by atoms with van der Waals surface area (Å²) in [4.78, 5) is 32.0. The molecule has 0 bridgehead atoms. The molecule has 0 saturated carbocycles. The van der Waals surface area contributed by atoms with Gasteiger partial charge in [-0.2, -0.15) is 0 Å². The summed E-state index contributed by atoms with van der Waals surface area (Å²) in [6, 6.07) is 14.2. The van der Waals surface area contributed by atoms with E-state index >= 15 is 0 Å². The molecule has 7 nitrogen and oxygen atoms in total. The number of fused-ring (bicyclic) bond motifs is 1. The molecule has 0 unspecified atom stereocenters. The standard InChI is InChI=1S/C27H28N2O5S/c1-6-33-21-13-9-19(10-14-21)24-23(26(31)34-16(2)3)17(4)28-27-29(24)25(30)22(35-27)15-18-7-11-20(32-5)12-8-18/h7-16,24H,6H2,1-5H3/b22-15+/t24-/m0/s1. The first kappa shape index (κ1) is 24.5. The van der Waals surface area contributed by atoms with Crippen LogP contribution in [0.4, 0.5) is 0 Å². The van der Waals surface area contributed by atoms with Gasteiger partial charge in [-0.1, -0.05) is 35.6 Å². The van der Waals surface area contributed by atoms with Crippen LogP contribution < -0.4 is 24.4 Å². The number of ether oxygens (including phenoxy) is 3. The molecular formula is C27H28N2O5S. The number of nitrogens with zero attached hydrogens (tertiary/aromatic N) is 2. The van der Waals surface area contributed by atoms with Crippen molar-refractivity contribution in [2.24, 2.45) is 4.99 Å². The summed E-state index contributed by atoms with van der Waals surface area (Å²) in [5, 5.41) is 0. The van der Waals surface area contributed by atoms with Crippen molar-refractivity contribution in [3.05, 3.63) is 90.6 Å². The van der Waals surface area contributed by atoms with E-state index in [0.717, 1.165) is 22.6 Å². The predicted molar refractivity (Wildman–Crippen MR) is 136 cm³/mol. The Bertz CT molecular complexity index is 1430. The number of carbonyl (C=O) groups is 1. The third-order valence-electron chi connectivity index (χ3n) is 5.50. The molecule has 1 aliphatic rings. The smallest absolute Gasteiger partial charge is 0.338 e. The Morgan fingerprint density at radius 2 is 1.77 bits per heavy atom. The molecule has 1 atom stereocenters. The van der Waals surface area contributed by atoms with Crippen molar-refractivity contribution in [2.75, 3.05) is 13.7 Å². The van der Waals surface area contributed by atoms with Gasteiger partial charge in [-0.05, 0) is 69.2 Å². The first-order valence-corrected chi connectivity index (χ1v) is 12.2. The van der Waals surface area contributed by atoms with E-state index in [0.29, 0.717) is 27.2 Å². The van der Waals surface area contributed by atoms with E-state index in [-0.39, 0.29) is 11.7 Å². The Morgan fingerprint density at radius 1 is 1.11 bits per heavy atom. The van der Waals surface area contributed by atoms with E-state index in [1.54, 1.807) is 32.4 Å². The molecule has 8 heteroatoms. The van der Waals surface area contributed by atoms with E-state index in [9.17, 15) is 9.59 Å². The normalized spacial score (nSPS) is 15.6. The monoisotopic (exact) mass is 492 g/mol. The average Bonchev–Trinajstić information content (AvgIpc) is 3.13. The molecule has 2 aromatic carbocycles. The Morgan fingerprint density at radius 3 is 2.37 bits per heavy atom. The molecule has 0 N–H and O–H groups in total. The Hall–Kier alpha value is -3.65. The summed E-state index contributed by atoms with van der Waals surface area (Å²) in [6.45, 7) is 7.83. The molecular weight excluding hydrogens is 464 g/mol. The molecule has 0 amide bonds. The Labute approximate surface area is 207 Å². The molecule has 35 heavy (non-hydrogen) atoms. The lowest BCUT2D eigenvalue weighted by atomic mass is 9.96. The number of aromatic nitrogens is 1. The van der Waals surface area contributed by atoms with Crippen LogP contribution in [-0.2, 0) is 9.53 Å². The van der Waals surface area contributed by atoms with Crippen LogP contribution in [0.3, 0.4) is 0 Å². The van der Waals surface area contributed by atoms with Crippen LogP contribution in [0, 0.1) is 0 Å². The fourth-order valence-electron chi connectivity index (χ4n) is 3.94. The maximum absolute atomic E-state index is 13.6. The highest BCUT2D eigenvalue weighted by Crippen LogP contribution is 2.32. The number of carbonyl (C=O) groups excluding carboxylic acids is 1. The summed E-state index contributed by atoms with van der Waals surface area (Å²) >= 11 is 1.29. The molecule has 182 valence electrons. The zero-order chi connectivity index (χ0) is 25.1. The van der Waals surface area contributed by atoms with Crippen LogP contribution in [-0.4, -0.2) is 30.4 Å². The zero-order valence-corrected chi connectivity index (χ0v) is 21.2. The van der Waals surface area contributed by atoms with E-state index < -0.39 is 12.0 Å². The Balaban J connectivity index is 1.88. The summed E-state index contributed by atoms with van der Waals surface area (Å²) in [7, 11) is 1.61. The van der Waals surface area contributed by atoms with Crippen molar-refractivity contribution in [1.82, 2.24) is 4.57 Å². The van der Waals surface area contributed by atoms with Crippen molar-refractivity contribution < 1.29 is 19.0 Å². The molecule has 3 aromatic rings. The van der Waals surface area contributed by atoms with Crippen molar-refractivity contribution in [2.45, 2.75) is 39.8 Å². The topological polar surface area (TPSA) is 79.1 Å². The molecule has 0 aliphatic carbocycles. The number of allylic oxidation sites excluding steroid dienone is 1. The van der Waals surface area contributed by atoms with E-state index in [1.807, 2.05) is 61.5 Å². The van der Waals surface area contributed by atoms with Crippen LogP contribution >= 0.6 is 11.3 Å². The summed E-state index contributed by atoms with van der Waals surface area (Å²) in [6.07, 6.45) is 1.52. The third kappa shape index (κ3) is 5.07. The van der Waals surface area contributed by atoms with E-state index in [4.69, 9.17) is 14.2 Å². The van der Waals surface area contributed by atoms with Crippen molar-refractivity contribution in [3.63, 3.8) is 0 Å². The molecule has 0 saturated heterocycles. The summed E-state index contributed by atoms with van der Waals surface area (Å²) in [5.74, 6) is 0.975. The van der Waals surface area contributed by atoms with Crippen LogP contribution in [0.1, 0.15) is 44.9 Å². The number of methoxy groups -OCH3 is 1. The number of rotatable bonds is 7. The SMILES string of the molecule is CCOc1ccc([C@H]2C(C(=O)OC(C)C)=C(C)N=c3s/c(=C/c4ccc(OC)cc4)c(=O)n32)cc1. The van der Waals surface area contributed by atoms with Crippen molar-refractivity contribution in [1.29, 1.82) is 0 Å². The van der Waals surface area contributed by atoms with Crippen LogP contribution in [0.2, 0.25) is 0 Å². The number of esters is 1. The highest BCUT2D eigenvalue weighted by molar-refractivity contribution is 7.07. The van der Waals surface area contributed by atoms with Gasteiger partial charge in [-0.25, -0.2) is 9.79 Å². The third-order valence-corrected chi connectivity index (χ3v) is 6.49. The van der Waals surface area contributed by atoms with Gasteiger partial charge in [0, 0.05) is 0 Å². The maximum Gasteiger partial charge on any atom is 0.338 e. The molecule has 4 rings (SSSR count). The van der Waals surface area contributed by atoms with E-state index in [1.165, 1.54) is 11.3 Å². The molecule has 0 fully saturated rings. The lowest BCUT2D eigenvalue weighted by molar-refractivity contribution is -0.143. The van der Waals surface area contributed by atoms with Gasteiger partial charge in [0.25, 0.3) is 5.56 Å². The molecule has 0 radical (unpaired) electrons. The number of thiazole rings is 1. The van der Waals surface area contributed by atoms with Crippen LogP contribution in [0.25, 0.3) is 6.08 Å². The number of benzene rings is 2. The van der Waals surface area contributed by atoms with Gasteiger partial charge in [-0.15, -0.1) is 0 Å². The second-order valence-electron chi connectivity index (χ2n) is 8.31. The number of hydrogen-bond donors (Lipinski definition) is 0. The van der Waals surface area contributed by atoms with Crippen LogP contribution in [0.5, 0.6) is 11.5 Å². The van der Waals surface area contributed by atoms with Crippen LogP contribution in [0.15, 0.2) is 69.6 Å². The largest absolute Gasteiger partial charge is 0.497 e. The highest BCUT2D eigenvalue weighted by atomic mass is 32.1. The van der Waals surface area contributed by atoms with E-state index in [2.05, 4.69) is 4.99 Å². The van der Waals surface area contributed by atoms with Gasteiger partial charge in [-0.3, -0.25) is 9.36 Å². The molecule has 1 aliphatic heterocycles. The van der Waals surface area contributed by atoms with Crippen molar-refractivity contribution in [3.8, 4) is 11.5 Å². The minimum Gasteiger partial charge on any atom is -0.497 e. The summed E-state index contributed by atoms with van der Waals surface area (Å²) in [5.41, 5.74) is 2.31. The quantitative estimate of drug-likeness (QED) is 0.471. The fraction of sp³-hybridized carbons (Fsp3) is 0.296. The van der Waals surface area contributed by atoms with Gasteiger partial charge in [0.05, 0.1) is 41.7 Å². The lowest BCUT2D eigenvalue weighted by Gasteiger charge is -2.25.